The molecule has 0 aliphatic carbocycles. The summed E-state index contributed by atoms with van der Waals surface area (Å²) in [5.41, 5.74) is 5.51. The van der Waals surface area contributed by atoms with Crippen LogP contribution >= 0.6 is 0 Å². The number of nitrogens with two attached hydrogens (primary N) is 1. The SMILES string of the molecule is NCC1(C(=O)N2CCN(c3cnccn3)CC2)CCOCC1. The summed E-state index contributed by atoms with van der Waals surface area (Å²) in [5.74, 6) is 1.06. The Hall–Kier alpha value is -1.73. The van der Waals surface area contributed by atoms with E-state index in [-0.39, 0.29) is 5.91 Å². The summed E-state index contributed by atoms with van der Waals surface area (Å²) in [7, 11) is 0. The number of hydrogen-bond acceptors (Lipinski definition) is 6. The van der Waals surface area contributed by atoms with Gasteiger partial charge in [0.05, 0.1) is 11.6 Å². The molecule has 2 aliphatic rings. The second-order valence-electron chi connectivity index (χ2n) is 5.94. The fourth-order valence-corrected chi connectivity index (χ4v) is 3.20. The van der Waals surface area contributed by atoms with Gasteiger partial charge in [-0.15, -0.1) is 0 Å². The van der Waals surface area contributed by atoms with Crippen LogP contribution in [0.15, 0.2) is 18.6 Å². The molecule has 2 fully saturated rings. The van der Waals surface area contributed by atoms with Crippen LogP contribution < -0.4 is 10.6 Å². The van der Waals surface area contributed by atoms with Crippen LogP contribution in [0.4, 0.5) is 5.82 Å². The van der Waals surface area contributed by atoms with E-state index in [1.807, 2.05) is 4.90 Å². The van der Waals surface area contributed by atoms with Crippen molar-refractivity contribution in [2.75, 3.05) is 50.8 Å². The van der Waals surface area contributed by atoms with Gasteiger partial charge in [-0.1, -0.05) is 0 Å². The molecule has 0 aromatic carbocycles. The van der Waals surface area contributed by atoms with E-state index in [9.17, 15) is 4.79 Å². The maximum Gasteiger partial charge on any atom is 0.230 e. The molecule has 1 aromatic heterocycles. The van der Waals surface area contributed by atoms with Gasteiger partial charge in [-0.25, -0.2) is 4.98 Å². The number of piperazine rings is 1. The molecule has 2 saturated heterocycles. The Labute approximate surface area is 130 Å². The standard InChI is InChI=1S/C15H23N5O2/c16-12-15(1-9-22-10-2-15)14(21)20-7-5-19(6-8-20)13-11-17-3-4-18-13/h3-4,11H,1-2,5-10,12,16H2. The maximum absolute atomic E-state index is 12.9. The van der Waals surface area contributed by atoms with Crippen molar-refractivity contribution in [3.63, 3.8) is 0 Å². The highest BCUT2D eigenvalue weighted by Crippen LogP contribution is 2.32. The molecule has 0 unspecified atom stereocenters. The maximum atomic E-state index is 12.9. The Morgan fingerprint density at radius 3 is 2.55 bits per heavy atom. The zero-order chi connectivity index (χ0) is 15.4. The molecular formula is C15H23N5O2. The summed E-state index contributed by atoms with van der Waals surface area (Å²) in [6.45, 7) is 4.63. The fraction of sp³-hybridized carbons (Fsp3) is 0.667. The normalized spacial score (nSPS) is 21.7. The van der Waals surface area contributed by atoms with Gasteiger partial charge in [0.15, 0.2) is 0 Å². The van der Waals surface area contributed by atoms with Gasteiger partial charge in [0.1, 0.15) is 5.82 Å². The Morgan fingerprint density at radius 1 is 1.23 bits per heavy atom. The zero-order valence-electron chi connectivity index (χ0n) is 12.8. The van der Waals surface area contributed by atoms with E-state index in [2.05, 4.69) is 14.9 Å². The molecule has 120 valence electrons. The second-order valence-corrected chi connectivity index (χ2v) is 5.94. The summed E-state index contributed by atoms with van der Waals surface area (Å²) in [5, 5.41) is 0. The highest BCUT2D eigenvalue weighted by molar-refractivity contribution is 5.83. The molecule has 0 saturated carbocycles. The minimum absolute atomic E-state index is 0.192. The third-order valence-electron chi connectivity index (χ3n) is 4.73. The minimum atomic E-state index is -0.424. The first-order chi connectivity index (χ1) is 10.7. The van der Waals surface area contributed by atoms with Crippen molar-refractivity contribution in [1.82, 2.24) is 14.9 Å². The second kappa shape index (κ2) is 6.58. The first-order valence-electron chi connectivity index (χ1n) is 7.83. The van der Waals surface area contributed by atoms with Crippen LogP contribution in [-0.4, -0.2) is 66.7 Å². The lowest BCUT2D eigenvalue weighted by atomic mass is 9.78. The van der Waals surface area contributed by atoms with E-state index in [4.69, 9.17) is 10.5 Å². The predicted molar refractivity (Wildman–Crippen MR) is 82.4 cm³/mol. The quantitative estimate of drug-likeness (QED) is 0.838. The van der Waals surface area contributed by atoms with Crippen LogP contribution in [0.3, 0.4) is 0 Å². The van der Waals surface area contributed by atoms with Crippen molar-refractivity contribution in [1.29, 1.82) is 0 Å². The lowest BCUT2D eigenvalue weighted by Crippen LogP contribution is -2.56. The molecule has 2 N–H and O–H groups in total. The monoisotopic (exact) mass is 305 g/mol. The van der Waals surface area contributed by atoms with E-state index >= 15 is 0 Å². The van der Waals surface area contributed by atoms with Gasteiger partial charge in [0, 0.05) is 58.3 Å². The summed E-state index contributed by atoms with van der Waals surface area (Å²) in [6, 6.07) is 0. The van der Waals surface area contributed by atoms with E-state index < -0.39 is 5.41 Å². The number of ether oxygens (including phenoxy) is 1. The Bertz CT molecular complexity index is 496. The smallest absolute Gasteiger partial charge is 0.230 e. The molecule has 0 spiro atoms. The van der Waals surface area contributed by atoms with Crippen LogP contribution in [0.5, 0.6) is 0 Å². The fourth-order valence-electron chi connectivity index (χ4n) is 3.20. The van der Waals surface area contributed by atoms with Gasteiger partial charge in [-0.3, -0.25) is 9.78 Å². The number of nitrogens with zero attached hydrogens (tertiary/aromatic N) is 4. The number of aromatic nitrogens is 2. The van der Waals surface area contributed by atoms with Crippen molar-refractivity contribution in [2.45, 2.75) is 12.8 Å². The third-order valence-corrected chi connectivity index (χ3v) is 4.73. The van der Waals surface area contributed by atoms with Crippen molar-refractivity contribution < 1.29 is 9.53 Å². The van der Waals surface area contributed by atoms with Gasteiger partial charge in [0.2, 0.25) is 5.91 Å². The molecular weight excluding hydrogens is 282 g/mol. The molecule has 0 atom stereocenters. The molecule has 0 radical (unpaired) electrons. The van der Waals surface area contributed by atoms with Crippen LogP contribution in [0.25, 0.3) is 0 Å². The van der Waals surface area contributed by atoms with Crippen LogP contribution in [0.2, 0.25) is 0 Å². The van der Waals surface area contributed by atoms with Gasteiger partial charge < -0.3 is 20.3 Å². The predicted octanol–water partition coefficient (Wildman–Crippen LogP) is -0.119. The van der Waals surface area contributed by atoms with E-state index in [0.717, 1.165) is 31.7 Å². The van der Waals surface area contributed by atoms with Crippen molar-refractivity contribution in [3.05, 3.63) is 18.6 Å². The van der Waals surface area contributed by atoms with Crippen molar-refractivity contribution >= 4 is 11.7 Å². The number of amides is 1. The number of anilines is 1. The molecule has 3 heterocycles. The van der Waals surface area contributed by atoms with Crippen LogP contribution in [0, 0.1) is 5.41 Å². The first-order valence-corrected chi connectivity index (χ1v) is 7.83. The topological polar surface area (TPSA) is 84.6 Å². The number of carbonyl (C=O) groups is 1. The molecule has 0 bridgehead atoms. The number of hydrogen-bond donors (Lipinski definition) is 1. The molecule has 3 rings (SSSR count). The van der Waals surface area contributed by atoms with Crippen LogP contribution in [-0.2, 0) is 9.53 Å². The van der Waals surface area contributed by atoms with Gasteiger partial charge in [-0.2, -0.15) is 0 Å². The van der Waals surface area contributed by atoms with E-state index in [0.29, 0.717) is 32.8 Å². The Morgan fingerprint density at radius 2 is 1.95 bits per heavy atom. The Balaban J connectivity index is 1.62. The average Bonchev–Trinajstić information content (AvgIpc) is 2.62. The summed E-state index contributed by atoms with van der Waals surface area (Å²) >= 11 is 0. The van der Waals surface area contributed by atoms with Crippen molar-refractivity contribution in [2.24, 2.45) is 11.1 Å². The highest BCUT2D eigenvalue weighted by Gasteiger charge is 2.42. The molecule has 1 aromatic rings. The van der Waals surface area contributed by atoms with E-state index in [1.165, 1.54) is 0 Å². The summed E-state index contributed by atoms with van der Waals surface area (Å²) in [4.78, 5) is 25.4. The molecule has 2 aliphatic heterocycles. The Kier molecular flexibility index (Phi) is 4.54. The average molecular weight is 305 g/mol. The lowest BCUT2D eigenvalue weighted by Gasteiger charge is -2.42. The largest absolute Gasteiger partial charge is 0.381 e. The van der Waals surface area contributed by atoms with Crippen LogP contribution in [0.1, 0.15) is 12.8 Å². The summed E-state index contributed by atoms with van der Waals surface area (Å²) < 4.78 is 5.39. The molecule has 7 heteroatoms. The summed E-state index contributed by atoms with van der Waals surface area (Å²) in [6.07, 6.45) is 6.58. The lowest BCUT2D eigenvalue weighted by molar-refractivity contribution is -0.147. The van der Waals surface area contributed by atoms with Gasteiger partial charge in [-0.05, 0) is 12.8 Å². The molecule has 7 nitrogen and oxygen atoms in total. The number of carbonyl (C=O) groups excluding carboxylic acids is 1. The van der Waals surface area contributed by atoms with Crippen molar-refractivity contribution in [3.8, 4) is 0 Å². The molecule has 22 heavy (non-hydrogen) atoms. The van der Waals surface area contributed by atoms with Gasteiger partial charge in [0.25, 0.3) is 0 Å². The van der Waals surface area contributed by atoms with E-state index in [1.54, 1.807) is 18.6 Å². The minimum Gasteiger partial charge on any atom is -0.381 e. The number of rotatable bonds is 3. The third kappa shape index (κ3) is 2.91. The van der Waals surface area contributed by atoms with Gasteiger partial charge >= 0.3 is 0 Å². The molecule has 1 amide bonds. The zero-order valence-corrected chi connectivity index (χ0v) is 12.8. The first kappa shape index (κ1) is 15.2. The highest BCUT2D eigenvalue weighted by atomic mass is 16.5.